The van der Waals surface area contributed by atoms with E-state index in [-0.39, 0.29) is 28.7 Å². The second kappa shape index (κ2) is 9.69. The summed E-state index contributed by atoms with van der Waals surface area (Å²) in [5.41, 5.74) is 0.981. The van der Waals surface area contributed by atoms with Gasteiger partial charge in [0.2, 0.25) is 0 Å². The van der Waals surface area contributed by atoms with Gasteiger partial charge in [0.05, 0.1) is 22.3 Å². The number of nitrogens with zero attached hydrogens (tertiary/aromatic N) is 2. The molecule has 33 heavy (non-hydrogen) atoms. The van der Waals surface area contributed by atoms with Crippen LogP contribution in [-0.4, -0.2) is 39.6 Å². The van der Waals surface area contributed by atoms with Crippen molar-refractivity contribution in [3.05, 3.63) is 78.0 Å². The third-order valence-corrected chi connectivity index (χ3v) is 4.27. The third-order valence-electron chi connectivity index (χ3n) is 4.27. The number of carbonyl (C=O) groups excluding carboxylic acids is 2. The van der Waals surface area contributed by atoms with Crippen LogP contribution in [0.15, 0.2) is 66.6 Å². The van der Waals surface area contributed by atoms with Crippen molar-refractivity contribution in [3.8, 4) is 6.07 Å². The SMILES string of the molecule is N#C/C(=C(/O)COC(=O)c1ccccc1N/C=C/C(=O)C(F)(F)F)c1nc2ccccc2[nH]1. The van der Waals surface area contributed by atoms with Gasteiger partial charge in [-0.3, -0.25) is 4.79 Å². The summed E-state index contributed by atoms with van der Waals surface area (Å²) in [5.74, 6) is -3.46. The van der Waals surface area contributed by atoms with Crippen LogP contribution in [0.4, 0.5) is 18.9 Å². The molecule has 0 spiro atoms. The zero-order valence-electron chi connectivity index (χ0n) is 16.7. The number of H-pyrrole nitrogens is 1. The average molecular weight is 456 g/mol. The molecule has 0 amide bonds. The van der Waals surface area contributed by atoms with Crippen molar-refractivity contribution >= 4 is 34.0 Å². The highest BCUT2D eigenvalue weighted by atomic mass is 19.4. The van der Waals surface area contributed by atoms with Gasteiger partial charge in [-0.1, -0.05) is 24.3 Å². The summed E-state index contributed by atoms with van der Waals surface area (Å²) >= 11 is 0. The number of para-hydroxylation sites is 3. The summed E-state index contributed by atoms with van der Waals surface area (Å²) in [5, 5.41) is 22.1. The molecule has 0 fully saturated rings. The maximum Gasteiger partial charge on any atom is 0.454 e. The summed E-state index contributed by atoms with van der Waals surface area (Å²) in [6.45, 7) is -0.657. The van der Waals surface area contributed by atoms with Crippen LogP contribution >= 0.6 is 0 Å². The van der Waals surface area contributed by atoms with E-state index in [2.05, 4.69) is 15.3 Å². The number of hydrogen-bond donors (Lipinski definition) is 3. The van der Waals surface area contributed by atoms with Crippen molar-refractivity contribution in [2.45, 2.75) is 6.18 Å². The van der Waals surface area contributed by atoms with Gasteiger partial charge >= 0.3 is 12.1 Å². The summed E-state index contributed by atoms with van der Waals surface area (Å²) in [7, 11) is 0. The van der Waals surface area contributed by atoms with Gasteiger partial charge in [-0.05, 0) is 24.3 Å². The fraction of sp³-hybridized carbons (Fsp3) is 0.0909. The van der Waals surface area contributed by atoms with Crippen LogP contribution in [0.3, 0.4) is 0 Å². The molecule has 8 nitrogen and oxygen atoms in total. The Morgan fingerprint density at radius 3 is 2.58 bits per heavy atom. The minimum absolute atomic E-state index is 0.0648. The van der Waals surface area contributed by atoms with Crippen LogP contribution in [0.2, 0.25) is 0 Å². The van der Waals surface area contributed by atoms with E-state index in [1.165, 1.54) is 24.3 Å². The lowest BCUT2D eigenvalue weighted by Gasteiger charge is -2.10. The quantitative estimate of drug-likeness (QED) is 0.210. The number of fused-ring (bicyclic) bond motifs is 1. The van der Waals surface area contributed by atoms with Gasteiger partial charge in [-0.25, -0.2) is 9.78 Å². The highest BCUT2D eigenvalue weighted by molar-refractivity contribution is 5.97. The second-order valence-electron chi connectivity index (χ2n) is 6.50. The van der Waals surface area contributed by atoms with Gasteiger partial charge in [0, 0.05) is 12.3 Å². The van der Waals surface area contributed by atoms with Crippen LogP contribution in [0.1, 0.15) is 16.2 Å². The number of imidazole rings is 1. The number of rotatable bonds is 7. The fourth-order valence-electron chi connectivity index (χ4n) is 2.70. The van der Waals surface area contributed by atoms with Gasteiger partial charge in [0.1, 0.15) is 18.2 Å². The molecule has 168 valence electrons. The lowest BCUT2D eigenvalue weighted by atomic mass is 10.2. The molecule has 2 aromatic carbocycles. The predicted octanol–water partition coefficient (Wildman–Crippen LogP) is 4.27. The number of hydrogen-bond acceptors (Lipinski definition) is 7. The normalized spacial score (nSPS) is 12.3. The third kappa shape index (κ3) is 5.56. The molecule has 0 unspecified atom stereocenters. The topological polar surface area (TPSA) is 128 Å². The number of halogens is 3. The molecular formula is C22H15F3N4O4. The first-order chi connectivity index (χ1) is 15.7. The van der Waals surface area contributed by atoms with Crippen LogP contribution in [-0.2, 0) is 9.53 Å². The zero-order chi connectivity index (χ0) is 24.0. The lowest BCUT2D eigenvalue weighted by molar-refractivity contribution is -0.165. The van der Waals surface area contributed by atoms with Gasteiger partial charge in [-0.15, -0.1) is 0 Å². The number of aromatic amines is 1. The molecule has 0 atom stereocenters. The molecule has 1 aromatic heterocycles. The lowest BCUT2D eigenvalue weighted by Crippen LogP contribution is -2.20. The van der Waals surface area contributed by atoms with Crippen molar-refractivity contribution in [3.63, 3.8) is 0 Å². The van der Waals surface area contributed by atoms with E-state index >= 15 is 0 Å². The molecule has 0 aliphatic rings. The van der Waals surface area contributed by atoms with Crippen LogP contribution in [0.5, 0.6) is 0 Å². The smallest absolute Gasteiger partial charge is 0.454 e. The maximum absolute atomic E-state index is 12.4. The van der Waals surface area contributed by atoms with E-state index in [0.29, 0.717) is 11.0 Å². The van der Waals surface area contributed by atoms with E-state index in [9.17, 15) is 33.1 Å². The summed E-state index contributed by atoms with van der Waals surface area (Å²) in [6.07, 6.45) is -3.99. The number of ketones is 1. The Kier molecular flexibility index (Phi) is 6.78. The van der Waals surface area contributed by atoms with Crippen LogP contribution < -0.4 is 5.32 Å². The Morgan fingerprint density at radius 1 is 1.18 bits per heavy atom. The van der Waals surface area contributed by atoms with Gasteiger partial charge in [0.15, 0.2) is 11.6 Å². The van der Waals surface area contributed by atoms with E-state index in [1.807, 2.05) is 0 Å². The largest absolute Gasteiger partial charge is 0.507 e. The predicted molar refractivity (Wildman–Crippen MR) is 112 cm³/mol. The fourth-order valence-corrected chi connectivity index (χ4v) is 2.70. The van der Waals surface area contributed by atoms with Gasteiger partial charge < -0.3 is 20.1 Å². The maximum atomic E-state index is 12.4. The first-order valence-corrected chi connectivity index (χ1v) is 9.28. The Hall–Kier alpha value is -4.59. The Morgan fingerprint density at radius 2 is 1.88 bits per heavy atom. The molecule has 0 saturated heterocycles. The molecule has 0 bridgehead atoms. The highest BCUT2D eigenvalue weighted by Gasteiger charge is 2.36. The number of aromatic nitrogens is 2. The summed E-state index contributed by atoms with van der Waals surface area (Å²) in [4.78, 5) is 30.4. The van der Waals surface area contributed by atoms with E-state index in [4.69, 9.17) is 4.74 Å². The molecule has 3 rings (SSSR count). The first-order valence-electron chi connectivity index (χ1n) is 9.28. The minimum atomic E-state index is -5.02. The summed E-state index contributed by atoms with van der Waals surface area (Å²) < 4.78 is 41.9. The van der Waals surface area contributed by atoms with Crippen molar-refractivity contribution in [2.24, 2.45) is 0 Å². The second-order valence-corrected chi connectivity index (χ2v) is 6.50. The van der Waals surface area contributed by atoms with Crippen LogP contribution in [0, 0.1) is 11.3 Å². The van der Waals surface area contributed by atoms with Crippen LogP contribution in [0.25, 0.3) is 16.6 Å². The van der Waals surface area contributed by atoms with Crippen molar-refractivity contribution in [1.29, 1.82) is 5.26 Å². The Bertz CT molecular complexity index is 1270. The zero-order valence-corrected chi connectivity index (χ0v) is 16.7. The summed E-state index contributed by atoms with van der Waals surface area (Å²) in [6, 6.07) is 14.5. The monoisotopic (exact) mass is 456 g/mol. The van der Waals surface area contributed by atoms with Gasteiger partial charge in [-0.2, -0.15) is 18.4 Å². The standard InChI is InChI=1S/C22H15F3N4O4/c23-22(24,25)19(31)9-10-27-15-6-2-1-5-13(15)21(32)33-12-18(30)14(11-26)20-28-16-7-3-4-8-17(16)29-20/h1-10,27,30H,12H2,(H,28,29)/b10-9+,18-14-. The number of anilines is 1. The van der Waals surface area contributed by atoms with Crippen molar-refractivity contribution < 1.29 is 32.6 Å². The number of ether oxygens (including phenoxy) is 1. The highest BCUT2D eigenvalue weighted by Crippen LogP contribution is 2.21. The number of aliphatic hydroxyl groups excluding tert-OH is 1. The number of benzene rings is 2. The molecule has 0 radical (unpaired) electrons. The Balaban J connectivity index is 1.73. The number of allylic oxidation sites excluding steroid dienone is 2. The van der Waals surface area contributed by atoms with Crippen molar-refractivity contribution in [1.82, 2.24) is 9.97 Å². The number of esters is 1. The number of carbonyl (C=O) groups is 2. The molecule has 3 aromatic rings. The van der Waals surface area contributed by atoms with E-state index in [0.717, 1.165) is 6.20 Å². The molecule has 0 aliphatic heterocycles. The molecular weight excluding hydrogens is 441 g/mol. The van der Waals surface area contributed by atoms with E-state index in [1.54, 1.807) is 30.3 Å². The average Bonchev–Trinajstić information content (AvgIpc) is 3.21. The van der Waals surface area contributed by atoms with E-state index < -0.39 is 30.3 Å². The Labute approximate surface area is 184 Å². The molecule has 11 heteroatoms. The molecule has 0 saturated carbocycles. The number of nitrogens with one attached hydrogen (secondary N) is 2. The number of alkyl halides is 3. The minimum Gasteiger partial charge on any atom is -0.507 e. The van der Waals surface area contributed by atoms with Crippen molar-refractivity contribution in [2.75, 3.05) is 11.9 Å². The number of aliphatic hydroxyl groups is 1. The van der Waals surface area contributed by atoms with Gasteiger partial charge in [0.25, 0.3) is 5.78 Å². The number of nitriles is 1. The molecule has 0 aliphatic carbocycles. The first kappa shape index (κ1) is 23.1. The molecule has 3 N–H and O–H groups in total. The molecule has 1 heterocycles.